The van der Waals surface area contributed by atoms with E-state index in [2.05, 4.69) is 169 Å². The number of hydrogen-bond acceptors (Lipinski definition) is 4. The topological polar surface area (TPSA) is 6.48 Å². The molecule has 5 aromatic carbocycles. The first-order chi connectivity index (χ1) is 21.5. The van der Waals surface area contributed by atoms with Crippen molar-refractivity contribution < 1.29 is 0 Å². The normalized spacial score (nSPS) is 11.4. The molecule has 0 N–H and O–H groups in total. The first kappa shape index (κ1) is 33.4. The van der Waals surface area contributed by atoms with Gasteiger partial charge < -0.3 is 0 Å². The molecule has 0 unspecified atom stereocenters. The van der Waals surface area contributed by atoms with Gasteiger partial charge in [-0.05, 0) is 0 Å². The Morgan fingerprint density at radius 1 is 0.455 bits per heavy atom. The Morgan fingerprint density at radius 3 is 1.05 bits per heavy atom. The fourth-order valence-electron chi connectivity index (χ4n) is 4.24. The van der Waals surface area contributed by atoms with Crippen molar-refractivity contribution in [3.8, 4) is 0 Å². The van der Waals surface area contributed by atoms with Crippen LogP contribution in [0, 0.1) is 14.3 Å². The zero-order valence-corrected chi connectivity index (χ0v) is 32.1. The fourth-order valence-corrected chi connectivity index (χ4v) is 23.6. The SMILES string of the molecule is CN(Cc1ccccc1)C(=S)SI(c1ccccc1)c1ccc(I(SC(=S)N(C)Cc2ccccc2)c2ccccc2)cc1. The maximum absolute atomic E-state index is 6.02. The predicted molar refractivity (Wildman–Crippen MR) is 218 cm³/mol. The molecule has 0 aliphatic carbocycles. The zero-order valence-electron chi connectivity index (χ0n) is 24.6. The summed E-state index contributed by atoms with van der Waals surface area (Å²) in [5.74, 6) is 0. The zero-order chi connectivity index (χ0) is 30.7. The average molecular weight is 877 g/mol. The molecular formula is C36H34I2N2S4. The Morgan fingerprint density at radius 2 is 0.727 bits per heavy atom. The Hall–Kier alpha value is -1.96. The van der Waals surface area contributed by atoms with Gasteiger partial charge in [0.05, 0.1) is 0 Å². The van der Waals surface area contributed by atoms with Gasteiger partial charge in [0.25, 0.3) is 0 Å². The molecule has 5 rings (SSSR count). The van der Waals surface area contributed by atoms with Crippen LogP contribution in [0.15, 0.2) is 146 Å². The Labute approximate surface area is 292 Å². The number of benzene rings is 5. The summed E-state index contributed by atoms with van der Waals surface area (Å²) in [6, 6.07) is 52.4. The van der Waals surface area contributed by atoms with Gasteiger partial charge in [-0.25, -0.2) is 0 Å². The van der Waals surface area contributed by atoms with E-state index in [0.717, 1.165) is 21.7 Å². The molecule has 0 atom stereocenters. The third-order valence-corrected chi connectivity index (χ3v) is 27.9. The van der Waals surface area contributed by atoms with E-state index in [1.807, 2.05) is 17.9 Å². The van der Waals surface area contributed by atoms with Gasteiger partial charge in [-0.2, -0.15) is 0 Å². The molecule has 0 amide bonds. The van der Waals surface area contributed by atoms with Crippen molar-refractivity contribution in [1.82, 2.24) is 9.80 Å². The minimum atomic E-state index is -1.90. The first-order valence-corrected chi connectivity index (χ1v) is 25.9. The monoisotopic (exact) mass is 876 g/mol. The van der Waals surface area contributed by atoms with Gasteiger partial charge in [0.2, 0.25) is 0 Å². The molecule has 44 heavy (non-hydrogen) atoms. The predicted octanol–water partition coefficient (Wildman–Crippen LogP) is 10.9. The molecule has 2 nitrogen and oxygen atoms in total. The van der Waals surface area contributed by atoms with Crippen LogP contribution in [-0.4, -0.2) is 32.5 Å². The van der Waals surface area contributed by atoms with E-state index >= 15 is 0 Å². The number of hydrogen-bond donors (Lipinski definition) is 0. The van der Waals surface area contributed by atoms with Gasteiger partial charge in [-0.3, -0.25) is 0 Å². The van der Waals surface area contributed by atoms with Crippen LogP contribution < -0.4 is 0 Å². The van der Waals surface area contributed by atoms with Crippen molar-refractivity contribution in [2.45, 2.75) is 13.1 Å². The molecule has 0 spiro atoms. The molecule has 0 heterocycles. The van der Waals surface area contributed by atoms with Gasteiger partial charge in [-0.15, -0.1) is 0 Å². The second kappa shape index (κ2) is 17.1. The van der Waals surface area contributed by atoms with Gasteiger partial charge in [-0.1, -0.05) is 0 Å². The first-order valence-electron chi connectivity index (χ1n) is 14.0. The maximum atomic E-state index is 6.02. The molecule has 0 aliphatic heterocycles. The van der Waals surface area contributed by atoms with E-state index in [0.29, 0.717) is 0 Å². The van der Waals surface area contributed by atoms with E-state index in [-0.39, 0.29) is 0 Å². The van der Waals surface area contributed by atoms with Crippen LogP contribution in [0.4, 0.5) is 0 Å². The number of halogens is 2. The van der Waals surface area contributed by atoms with E-state index in [9.17, 15) is 0 Å². The van der Waals surface area contributed by atoms with E-state index in [1.165, 1.54) is 25.4 Å². The number of rotatable bonds is 10. The number of thiocarbonyl (C=S) groups is 2. The molecule has 0 fully saturated rings. The van der Waals surface area contributed by atoms with Crippen molar-refractivity contribution in [3.63, 3.8) is 0 Å². The van der Waals surface area contributed by atoms with Crippen LogP contribution >= 0.6 is 79.2 Å². The molecule has 0 aliphatic rings. The standard InChI is InChI=1S/C36H34I2N2S4/c1-39(27-29-15-7-3-8-16-29)35(41)43-37(31-19-11-5-12-20-31)33-23-25-34(26-24-33)38(32-21-13-6-14-22-32)44-36(42)40(2)28-30-17-9-4-10-18-30/h3-26H,27-28H2,1-2H3. The van der Waals surface area contributed by atoms with Crippen LogP contribution in [0.1, 0.15) is 11.1 Å². The Bertz CT molecular complexity index is 1500. The van der Waals surface area contributed by atoms with Crippen LogP contribution in [0.5, 0.6) is 0 Å². The molecule has 0 saturated carbocycles. The molecule has 0 saturated heterocycles. The third kappa shape index (κ3) is 9.53. The van der Waals surface area contributed by atoms with Crippen LogP contribution in [0.3, 0.4) is 0 Å². The molecular weight excluding hydrogens is 842 g/mol. The second-order valence-corrected chi connectivity index (χ2v) is 26.9. The van der Waals surface area contributed by atoms with Crippen LogP contribution in [0.2, 0.25) is 0 Å². The minimum absolute atomic E-state index is 0.811. The summed E-state index contributed by atoms with van der Waals surface area (Å²) in [6.07, 6.45) is 0. The van der Waals surface area contributed by atoms with Crippen molar-refractivity contribution in [1.29, 1.82) is 0 Å². The Kier molecular flexibility index (Phi) is 13.0. The molecule has 0 radical (unpaired) electrons. The summed E-state index contributed by atoms with van der Waals surface area (Å²) >= 11 is 8.23. The summed E-state index contributed by atoms with van der Waals surface area (Å²) < 4.78 is 7.52. The molecule has 226 valence electrons. The summed E-state index contributed by atoms with van der Waals surface area (Å²) in [6.45, 7) is 1.62. The van der Waals surface area contributed by atoms with Gasteiger partial charge in [0.1, 0.15) is 0 Å². The molecule has 0 aromatic heterocycles. The van der Waals surface area contributed by atoms with Gasteiger partial charge in [0.15, 0.2) is 0 Å². The third-order valence-electron chi connectivity index (χ3n) is 6.50. The van der Waals surface area contributed by atoms with Gasteiger partial charge in [0, 0.05) is 0 Å². The fraction of sp³-hybridized carbons (Fsp3) is 0.111. The molecule has 5 aromatic rings. The summed E-state index contributed by atoms with van der Waals surface area (Å²) in [5.41, 5.74) is 2.54. The van der Waals surface area contributed by atoms with Crippen LogP contribution in [-0.2, 0) is 13.1 Å². The van der Waals surface area contributed by atoms with E-state index < -0.39 is 36.9 Å². The van der Waals surface area contributed by atoms with Crippen LogP contribution in [0.25, 0.3) is 0 Å². The van der Waals surface area contributed by atoms with E-state index in [1.54, 1.807) is 0 Å². The molecule has 8 heteroatoms. The molecule has 0 bridgehead atoms. The average Bonchev–Trinajstić information content (AvgIpc) is 3.07. The van der Waals surface area contributed by atoms with Crippen molar-refractivity contribution >= 4 is 87.8 Å². The van der Waals surface area contributed by atoms with Crippen molar-refractivity contribution in [3.05, 3.63) is 171 Å². The summed E-state index contributed by atoms with van der Waals surface area (Å²) in [5, 5.41) is 0. The van der Waals surface area contributed by atoms with Gasteiger partial charge >= 0.3 is 296 Å². The van der Waals surface area contributed by atoms with Crippen molar-refractivity contribution in [2.24, 2.45) is 0 Å². The summed E-state index contributed by atoms with van der Waals surface area (Å²) in [4.78, 5) is 4.42. The quantitative estimate of drug-likeness (QED) is 0.101. The van der Waals surface area contributed by atoms with Crippen molar-refractivity contribution in [2.75, 3.05) is 14.1 Å². The summed E-state index contributed by atoms with van der Waals surface area (Å²) in [7, 11) is 8.01. The number of nitrogens with zero attached hydrogens (tertiary/aromatic N) is 2. The van der Waals surface area contributed by atoms with E-state index in [4.69, 9.17) is 24.4 Å². The Balaban J connectivity index is 1.37. The second-order valence-electron chi connectivity index (χ2n) is 9.89.